The van der Waals surface area contributed by atoms with Crippen molar-refractivity contribution in [2.45, 2.75) is 51.1 Å². The fourth-order valence-corrected chi connectivity index (χ4v) is 4.42. The molecule has 1 aromatic carbocycles. The maximum Gasteiger partial charge on any atom is 0.227 e. The number of rotatable bonds is 4. The van der Waals surface area contributed by atoms with Crippen molar-refractivity contribution in [2.24, 2.45) is 11.3 Å². The van der Waals surface area contributed by atoms with Crippen molar-refractivity contribution in [3.05, 3.63) is 34.9 Å². The third kappa shape index (κ3) is 3.31. The van der Waals surface area contributed by atoms with Crippen LogP contribution in [0.15, 0.2) is 24.3 Å². The number of amides is 1. The van der Waals surface area contributed by atoms with Gasteiger partial charge in [-0.25, -0.2) is 0 Å². The third-order valence-corrected chi connectivity index (χ3v) is 6.30. The van der Waals surface area contributed by atoms with E-state index in [0.717, 1.165) is 50.2 Å². The van der Waals surface area contributed by atoms with Crippen LogP contribution in [-0.2, 0) is 4.79 Å². The standard InChI is InChI=1S/C19H25ClN2O.ClH/c1-13(14-2-4-15(20)5-3-14)22(16-6-7-16)18(23)17-12-19(17)8-10-21-11-9-19;/h2-5,13,16-17,21H,6-12H2,1H3;1H. The van der Waals surface area contributed by atoms with Crippen LogP contribution in [0.2, 0.25) is 5.02 Å². The van der Waals surface area contributed by atoms with Crippen LogP contribution in [0.25, 0.3) is 0 Å². The molecular formula is C19H26Cl2N2O. The van der Waals surface area contributed by atoms with E-state index in [0.29, 0.717) is 17.4 Å². The normalized spacial score (nSPS) is 25.7. The second-order valence-corrected chi connectivity index (χ2v) is 8.01. The highest BCUT2D eigenvalue weighted by molar-refractivity contribution is 6.30. The van der Waals surface area contributed by atoms with E-state index < -0.39 is 0 Å². The summed E-state index contributed by atoms with van der Waals surface area (Å²) in [5, 5.41) is 4.17. The molecule has 132 valence electrons. The van der Waals surface area contributed by atoms with Gasteiger partial charge in [0.25, 0.3) is 0 Å². The third-order valence-electron chi connectivity index (χ3n) is 6.05. The van der Waals surface area contributed by atoms with Crippen LogP contribution < -0.4 is 5.32 Å². The summed E-state index contributed by atoms with van der Waals surface area (Å²) >= 11 is 6.00. The molecule has 24 heavy (non-hydrogen) atoms. The SMILES string of the molecule is CC(c1ccc(Cl)cc1)N(C(=O)C1CC12CCNCC2)C1CC1.Cl. The van der Waals surface area contributed by atoms with Crippen LogP contribution in [0.4, 0.5) is 0 Å². The van der Waals surface area contributed by atoms with Gasteiger partial charge in [0, 0.05) is 17.0 Å². The van der Waals surface area contributed by atoms with E-state index in [2.05, 4.69) is 29.3 Å². The maximum atomic E-state index is 13.2. The molecule has 1 spiro atoms. The van der Waals surface area contributed by atoms with Gasteiger partial charge in [0.1, 0.15) is 0 Å². The summed E-state index contributed by atoms with van der Waals surface area (Å²) in [5.41, 5.74) is 1.50. The summed E-state index contributed by atoms with van der Waals surface area (Å²) in [6.07, 6.45) is 5.74. The zero-order valence-corrected chi connectivity index (χ0v) is 15.7. The Morgan fingerprint density at radius 2 is 1.88 bits per heavy atom. The highest BCUT2D eigenvalue weighted by Crippen LogP contribution is 2.60. The molecule has 2 aliphatic carbocycles. The zero-order chi connectivity index (χ0) is 16.0. The van der Waals surface area contributed by atoms with Gasteiger partial charge in [-0.3, -0.25) is 4.79 Å². The zero-order valence-electron chi connectivity index (χ0n) is 14.1. The molecule has 3 aliphatic rings. The average molecular weight is 369 g/mol. The van der Waals surface area contributed by atoms with Gasteiger partial charge >= 0.3 is 0 Å². The predicted molar refractivity (Wildman–Crippen MR) is 99.6 cm³/mol. The number of piperidine rings is 1. The fraction of sp³-hybridized carbons (Fsp3) is 0.632. The van der Waals surface area contributed by atoms with Crippen LogP contribution in [0, 0.1) is 11.3 Å². The first-order valence-corrected chi connectivity index (χ1v) is 9.27. The van der Waals surface area contributed by atoms with Crippen LogP contribution in [0.5, 0.6) is 0 Å². The van der Waals surface area contributed by atoms with Gasteiger partial charge < -0.3 is 10.2 Å². The van der Waals surface area contributed by atoms with Gasteiger partial charge in [0.2, 0.25) is 5.91 Å². The van der Waals surface area contributed by atoms with E-state index in [1.54, 1.807) is 0 Å². The Hall–Kier alpha value is -0.770. The molecule has 1 amide bonds. The largest absolute Gasteiger partial charge is 0.333 e. The van der Waals surface area contributed by atoms with Crippen molar-refractivity contribution < 1.29 is 4.79 Å². The molecule has 1 aromatic rings. The number of nitrogens with zero attached hydrogens (tertiary/aromatic N) is 1. The summed E-state index contributed by atoms with van der Waals surface area (Å²) < 4.78 is 0. The lowest BCUT2D eigenvalue weighted by atomic mass is 9.91. The molecule has 4 rings (SSSR count). The second-order valence-electron chi connectivity index (χ2n) is 7.57. The Labute approximate surface area is 155 Å². The van der Waals surface area contributed by atoms with Crippen LogP contribution in [0.1, 0.15) is 50.6 Å². The Balaban J connectivity index is 0.00000169. The molecule has 3 nitrogen and oxygen atoms in total. The van der Waals surface area contributed by atoms with Gasteiger partial charge in [-0.2, -0.15) is 0 Å². The summed E-state index contributed by atoms with van der Waals surface area (Å²) in [6.45, 7) is 4.30. The predicted octanol–water partition coefficient (Wildman–Crippen LogP) is 4.20. The van der Waals surface area contributed by atoms with Crippen molar-refractivity contribution in [3.63, 3.8) is 0 Å². The monoisotopic (exact) mass is 368 g/mol. The first-order chi connectivity index (χ1) is 11.1. The number of hydrogen-bond donors (Lipinski definition) is 1. The van der Waals surface area contributed by atoms with Crippen molar-refractivity contribution in [3.8, 4) is 0 Å². The van der Waals surface area contributed by atoms with E-state index in [-0.39, 0.29) is 24.4 Å². The van der Waals surface area contributed by atoms with E-state index in [9.17, 15) is 4.79 Å². The van der Waals surface area contributed by atoms with Crippen molar-refractivity contribution in [1.29, 1.82) is 0 Å². The lowest BCUT2D eigenvalue weighted by Crippen LogP contribution is -2.39. The molecule has 0 aromatic heterocycles. The lowest BCUT2D eigenvalue weighted by molar-refractivity contribution is -0.136. The van der Waals surface area contributed by atoms with Crippen molar-refractivity contribution in [2.75, 3.05) is 13.1 Å². The lowest BCUT2D eigenvalue weighted by Gasteiger charge is -2.32. The van der Waals surface area contributed by atoms with E-state index in [1.807, 2.05) is 12.1 Å². The minimum absolute atomic E-state index is 0. The Morgan fingerprint density at radius 3 is 2.46 bits per heavy atom. The summed E-state index contributed by atoms with van der Waals surface area (Å²) in [5.74, 6) is 0.664. The Kier molecular flexibility index (Phi) is 5.15. The van der Waals surface area contributed by atoms with Gasteiger partial charge in [0.15, 0.2) is 0 Å². The van der Waals surface area contributed by atoms with Crippen molar-refractivity contribution in [1.82, 2.24) is 10.2 Å². The summed E-state index contributed by atoms with van der Waals surface area (Å²) in [4.78, 5) is 15.4. The van der Waals surface area contributed by atoms with E-state index in [4.69, 9.17) is 11.6 Å². The quantitative estimate of drug-likeness (QED) is 0.863. The molecule has 1 saturated heterocycles. The van der Waals surface area contributed by atoms with E-state index >= 15 is 0 Å². The van der Waals surface area contributed by atoms with Gasteiger partial charge in [-0.15, -0.1) is 12.4 Å². The Morgan fingerprint density at radius 1 is 1.25 bits per heavy atom. The molecular weight excluding hydrogens is 343 g/mol. The fourth-order valence-electron chi connectivity index (χ4n) is 4.30. The Bertz CT molecular complexity index is 594. The van der Waals surface area contributed by atoms with Gasteiger partial charge in [0.05, 0.1) is 6.04 Å². The highest BCUT2D eigenvalue weighted by Gasteiger charge is 2.59. The summed E-state index contributed by atoms with van der Waals surface area (Å²) in [7, 11) is 0. The molecule has 5 heteroatoms. The molecule has 1 aliphatic heterocycles. The van der Waals surface area contributed by atoms with Crippen LogP contribution in [-0.4, -0.2) is 29.9 Å². The minimum Gasteiger partial charge on any atom is -0.333 e. The number of benzene rings is 1. The molecule has 0 radical (unpaired) electrons. The topological polar surface area (TPSA) is 32.3 Å². The minimum atomic E-state index is 0. The number of halogens is 2. The number of carbonyl (C=O) groups is 1. The van der Waals surface area contributed by atoms with E-state index in [1.165, 1.54) is 5.56 Å². The maximum absolute atomic E-state index is 13.2. The number of nitrogens with one attached hydrogen (secondary N) is 1. The first kappa shape index (κ1) is 18.0. The molecule has 2 unspecified atom stereocenters. The van der Waals surface area contributed by atoms with Crippen LogP contribution in [0.3, 0.4) is 0 Å². The molecule has 2 atom stereocenters. The first-order valence-electron chi connectivity index (χ1n) is 8.89. The number of hydrogen-bond acceptors (Lipinski definition) is 2. The average Bonchev–Trinajstić information content (AvgIpc) is 3.47. The molecule has 3 fully saturated rings. The molecule has 1 heterocycles. The molecule has 1 N–H and O–H groups in total. The van der Waals surface area contributed by atoms with Gasteiger partial charge in [-0.05, 0) is 75.2 Å². The molecule has 0 bridgehead atoms. The molecule has 2 saturated carbocycles. The number of carbonyl (C=O) groups excluding carboxylic acids is 1. The van der Waals surface area contributed by atoms with Crippen LogP contribution >= 0.6 is 24.0 Å². The van der Waals surface area contributed by atoms with Crippen molar-refractivity contribution >= 4 is 29.9 Å². The second kappa shape index (κ2) is 6.86. The summed E-state index contributed by atoms with van der Waals surface area (Å²) in [6, 6.07) is 8.56. The highest BCUT2D eigenvalue weighted by atomic mass is 35.5. The van der Waals surface area contributed by atoms with Gasteiger partial charge in [-0.1, -0.05) is 23.7 Å². The smallest absolute Gasteiger partial charge is 0.227 e.